The summed E-state index contributed by atoms with van der Waals surface area (Å²) in [6.45, 7) is 1.89. The van der Waals surface area contributed by atoms with Crippen molar-refractivity contribution in [3.8, 4) is 5.75 Å². The number of aliphatic hydroxyl groups excluding tert-OH is 1. The molecule has 2 atom stereocenters. The minimum Gasteiger partial charge on any atom is -0.494 e. The molecule has 2 aliphatic heterocycles. The van der Waals surface area contributed by atoms with E-state index >= 15 is 0 Å². The molecular weight excluding hydrogens is 541 g/mol. The number of carbonyl (C=O) groups is 1. The highest BCUT2D eigenvalue weighted by molar-refractivity contribution is 5.65. The largest absolute Gasteiger partial charge is 0.494 e. The molecule has 0 spiro atoms. The van der Waals surface area contributed by atoms with Crippen molar-refractivity contribution in [3.05, 3.63) is 59.2 Å². The number of halogens is 3. The van der Waals surface area contributed by atoms with Crippen molar-refractivity contribution >= 4 is 11.8 Å². The predicted octanol–water partition coefficient (Wildman–Crippen LogP) is 5.22. The van der Waals surface area contributed by atoms with Gasteiger partial charge < -0.3 is 34.2 Å². The first-order valence-corrected chi connectivity index (χ1v) is 14.2. The molecule has 2 aromatic carbocycles. The molecule has 8 nitrogen and oxygen atoms in total. The maximum Gasteiger partial charge on any atom is 0.411 e. The number of benzene rings is 2. The number of fused-ring (bicyclic) bond motifs is 1. The molecule has 11 heteroatoms. The average Bonchev–Trinajstić information content (AvgIpc) is 2.96. The number of piperidine rings is 1. The Balaban J connectivity index is 1.36. The van der Waals surface area contributed by atoms with Crippen LogP contribution in [0.4, 0.5) is 23.7 Å². The number of aryl methyl sites for hydroxylation is 1. The van der Waals surface area contributed by atoms with Gasteiger partial charge in [-0.1, -0.05) is 24.3 Å². The third-order valence-corrected chi connectivity index (χ3v) is 7.52. The van der Waals surface area contributed by atoms with E-state index in [-0.39, 0.29) is 38.4 Å². The predicted molar refractivity (Wildman–Crippen MR) is 148 cm³/mol. The molecule has 2 aliphatic rings. The molecule has 0 saturated carbocycles. The van der Waals surface area contributed by atoms with E-state index in [4.69, 9.17) is 9.47 Å². The van der Waals surface area contributed by atoms with E-state index in [1.54, 1.807) is 0 Å². The molecule has 1 saturated heterocycles. The van der Waals surface area contributed by atoms with Crippen LogP contribution in [0.25, 0.3) is 0 Å². The summed E-state index contributed by atoms with van der Waals surface area (Å²) in [6.07, 6.45) is -1.85. The summed E-state index contributed by atoms with van der Waals surface area (Å²) < 4.78 is 53.1. The topological polar surface area (TPSA) is 91.7 Å². The first kappa shape index (κ1) is 30.9. The lowest BCUT2D eigenvalue weighted by Crippen LogP contribution is -2.46. The van der Waals surface area contributed by atoms with Gasteiger partial charge in [-0.05, 0) is 60.6 Å². The molecule has 0 radical (unpaired) electrons. The van der Waals surface area contributed by atoms with Crippen LogP contribution < -0.4 is 9.64 Å². The molecule has 4 rings (SSSR count). The van der Waals surface area contributed by atoms with Gasteiger partial charge in [0.2, 0.25) is 0 Å². The Morgan fingerprint density at radius 1 is 1.05 bits per heavy atom. The highest BCUT2D eigenvalue weighted by atomic mass is 19.4. The standard InChI is InChI=1S/C30H39F3N2O6/c31-30(32,33)21-39-16-3-17-40-25-9-7-23(8-10-25)26-11-14-35(29(37)38)19-28(26)41-20-22-5-6-24-4-1-12-34(13-2-15-36)27(24)18-22/h5-10,18,26,28,36H,1-4,11-17,19-21H2,(H,37,38)/t26-,28+/m1/s1. The number of amides is 1. The molecule has 41 heavy (non-hydrogen) atoms. The van der Waals surface area contributed by atoms with E-state index in [1.807, 2.05) is 24.3 Å². The zero-order chi connectivity index (χ0) is 29.2. The summed E-state index contributed by atoms with van der Waals surface area (Å²) in [4.78, 5) is 15.4. The minimum absolute atomic E-state index is 0.00546. The van der Waals surface area contributed by atoms with E-state index in [1.165, 1.54) is 16.2 Å². The Kier molecular flexibility index (Phi) is 11.1. The van der Waals surface area contributed by atoms with Crippen LogP contribution in [0.3, 0.4) is 0 Å². The molecule has 0 aromatic heterocycles. The van der Waals surface area contributed by atoms with Gasteiger partial charge in [0.15, 0.2) is 0 Å². The van der Waals surface area contributed by atoms with Gasteiger partial charge in [0, 0.05) is 44.3 Å². The van der Waals surface area contributed by atoms with Crippen LogP contribution >= 0.6 is 0 Å². The summed E-state index contributed by atoms with van der Waals surface area (Å²) in [5, 5.41) is 18.9. The third kappa shape index (κ3) is 9.24. The highest BCUT2D eigenvalue weighted by Gasteiger charge is 2.33. The Bertz CT molecular complexity index is 1110. The molecule has 1 amide bonds. The van der Waals surface area contributed by atoms with Gasteiger partial charge in [-0.15, -0.1) is 0 Å². The van der Waals surface area contributed by atoms with Crippen molar-refractivity contribution in [1.29, 1.82) is 0 Å². The lowest BCUT2D eigenvalue weighted by molar-refractivity contribution is -0.174. The maximum absolute atomic E-state index is 12.2. The summed E-state index contributed by atoms with van der Waals surface area (Å²) in [7, 11) is 0. The Morgan fingerprint density at radius 3 is 2.59 bits per heavy atom. The first-order chi connectivity index (χ1) is 19.7. The minimum atomic E-state index is -4.33. The molecule has 0 bridgehead atoms. The quantitative estimate of drug-likeness (QED) is 0.314. The fraction of sp³-hybridized carbons (Fsp3) is 0.567. The molecule has 1 fully saturated rings. The summed E-state index contributed by atoms with van der Waals surface area (Å²) in [6, 6.07) is 13.9. The van der Waals surface area contributed by atoms with Crippen LogP contribution in [0, 0.1) is 0 Å². The van der Waals surface area contributed by atoms with Gasteiger partial charge in [-0.2, -0.15) is 13.2 Å². The number of alkyl halides is 3. The van der Waals surface area contributed by atoms with Crippen molar-refractivity contribution in [2.24, 2.45) is 0 Å². The van der Waals surface area contributed by atoms with Gasteiger partial charge in [0.05, 0.1) is 32.5 Å². The molecule has 2 N–H and O–H groups in total. The smallest absolute Gasteiger partial charge is 0.411 e. The number of nitrogens with zero attached hydrogens (tertiary/aromatic N) is 2. The van der Waals surface area contributed by atoms with Gasteiger partial charge >= 0.3 is 12.3 Å². The highest BCUT2D eigenvalue weighted by Crippen LogP contribution is 2.33. The fourth-order valence-corrected chi connectivity index (χ4v) is 5.47. The van der Waals surface area contributed by atoms with Crippen LogP contribution in [0.2, 0.25) is 0 Å². The summed E-state index contributed by atoms with van der Waals surface area (Å²) >= 11 is 0. The van der Waals surface area contributed by atoms with Crippen molar-refractivity contribution in [3.63, 3.8) is 0 Å². The SMILES string of the molecule is O=C(O)N1CC[C@H](c2ccc(OCCCOCC(F)(F)F)cc2)[C@@H](OCc2ccc3c(c2)N(CCCO)CCC3)C1. The number of likely N-dealkylation sites (tertiary alicyclic amines) is 1. The normalized spacial score (nSPS) is 19.2. The lowest BCUT2D eigenvalue weighted by Gasteiger charge is -2.37. The second-order valence-corrected chi connectivity index (χ2v) is 10.5. The molecule has 2 heterocycles. The van der Waals surface area contributed by atoms with Crippen molar-refractivity contribution in [2.45, 2.75) is 56.9 Å². The summed E-state index contributed by atoms with van der Waals surface area (Å²) in [5.41, 5.74) is 4.51. The van der Waals surface area contributed by atoms with Gasteiger partial charge in [-0.25, -0.2) is 4.79 Å². The fourth-order valence-electron chi connectivity index (χ4n) is 5.47. The lowest BCUT2D eigenvalue weighted by atomic mass is 9.87. The second kappa shape index (κ2) is 14.7. The maximum atomic E-state index is 12.2. The zero-order valence-electron chi connectivity index (χ0n) is 23.2. The van der Waals surface area contributed by atoms with E-state index in [0.717, 1.165) is 43.5 Å². The van der Waals surface area contributed by atoms with Crippen LogP contribution in [-0.4, -0.2) is 86.1 Å². The Morgan fingerprint density at radius 2 is 1.85 bits per heavy atom. The molecular formula is C30H39F3N2O6. The van der Waals surface area contributed by atoms with Crippen molar-refractivity contribution < 1.29 is 42.4 Å². The van der Waals surface area contributed by atoms with Gasteiger partial charge in [0.1, 0.15) is 12.4 Å². The number of aliphatic hydroxyl groups is 1. The third-order valence-electron chi connectivity index (χ3n) is 7.52. The van der Waals surface area contributed by atoms with Crippen LogP contribution in [0.15, 0.2) is 42.5 Å². The second-order valence-electron chi connectivity index (χ2n) is 10.5. The van der Waals surface area contributed by atoms with E-state index < -0.39 is 18.9 Å². The van der Waals surface area contributed by atoms with Crippen LogP contribution in [0.1, 0.15) is 48.3 Å². The number of hydrogen-bond donors (Lipinski definition) is 2. The average molecular weight is 581 g/mol. The Labute approximate surface area is 238 Å². The van der Waals surface area contributed by atoms with Crippen molar-refractivity contribution in [2.75, 3.05) is 57.5 Å². The summed E-state index contributed by atoms with van der Waals surface area (Å²) in [5.74, 6) is 0.596. The Hall–Kier alpha value is -3.02. The van der Waals surface area contributed by atoms with Gasteiger partial charge in [0.25, 0.3) is 0 Å². The molecule has 0 unspecified atom stereocenters. The number of ether oxygens (including phenoxy) is 3. The van der Waals surface area contributed by atoms with Crippen LogP contribution in [-0.2, 0) is 22.5 Å². The van der Waals surface area contributed by atoms with Gasteiger partial charge in [-0.3, -0.25) is 0 Å². The number of carboxylic acid groups (broad SMARTS) is 1. The number of rotatable bonds is 13. The van der Waals surface area contributed by atoms with E-state index in [9.17, 15) is 28.2 Å². The van der Waals surface area contributed by atoms with Crippen molar-refractivity contribution in [1.82, 2.24) is 4.90 Å². The zero-order valence-corrected chi connectivity index (χ0v) is 23.2. The van der Waals surface area contributed by atoms with E-state index in [2.05, 4.69) is 27.8 Å². The molecule has 2 aromatic rings. The number of anilines is 1. The number of hydrogen-bond acceptors (Lipinski definition) is 6. The first-order valence-electron chi connectivity index (χ1n) is 14.2. The molecule has 0 aliphatic carbocycles. The van der Waals surface area contributed by atoms with E-state index in [0.29, 0.717) is 31.7 Å². The van der Waals surface area contributed by atoms with Crippen LogP contribution in [0.5, 0.6) is 5.75 Å². The molecule has 226 valence electrons. The monoisotopic (exact) mass is 580 g/mol.